The Morgan fingerprint density at radius 2 is 1.52 bits per heavy atom. The highest BCUT2D eigenvalue weighted by Crippen LogP contribution is 2.90. The second-order valence-corrected chi connectivity index (χ2v) is 18.3. The molecule has 9 heteroatoms. The minimum atomic E-state index is -1.28. The van der Waals surface area contributed by atoms with E-state index < -0.39 is 48.2 Å². The predicted octanol–water partition coefficient (Wildman–Crippen LogP) is 3.12. The van der Waals surface area contributed by atoms with Crippen LogP contribution in [0.5, 0.6) is 0 Å². The molecule has 44 heavy (non-hydrogen) atoms. The van der Waals surface area contributed by atoms with Crippen LogP contribution < -0.4 is 0 Å². The summed E-state index contributed by atoms with van der Waals surface area (Å²) >= 11 is 0. The number of hydrogen-bond acceptors (Lipinski definition) is 9. The molecule has 2 bridgehead atoms. The van der Waals surface area contributed by atoms with Crippen molar-refractivity contribution >= 4 is 0 Å². The Morgan fingerprint density at radius 3 is 2.23 bits per heavy atom. The van der Waals surface area contributed by atoms with Crippen molar-refractivity contribution in [2.45, 2.75) is 160 Å². The summed E-state index contributed by atoms with van der Waals surface area (Å²) < 4.78 is 25.8. The Morgan fingerprint density at radius 1 is 0.841 bits per heavy atom. The van der Waals surface area contributed by atoms with E-state index in [1.54, 1.807) is 13.8 Å². The van der Waals surface area contributed by atoms with Crippen molar-refractivity contribution < 1.29 is 44.5 Å². The highest BCUT2D eigenvalue weighted by Gasteiger charge is 2.88. The molecule has 0 unspecified atom stereocenters. The molecule has 5 aliphatic carbocycles. The van der Waals surface area contributed by atoms with Crippen molar-refractivity contribution in [3.63, 3.8) is 0 Å². The fourth-order valence-electron chi connectivity index (χ4n) is 14.0. The molecule has 3 saturated heterocycles. The molecule has 8 fully saturated rings. The van der Waals surface area contributed by atoms with Gasteiger partial charge in [-0.3, -0.25) is 0 Å². The van der Waals surface area contributed by atoms with Crippen LogP contribution in [0.3, 0.4) is 0 Å². The molecule has 3 aliphatic heterocycles. The van der Waals surface area contributed by atoms with E-state index in [1.807, 2.05) is 0 Å². The van der Waals surface area contributed by atoms with Crippen LogP contribution in [0.4, 0.5) is 0 Å². The largest absolute Gasteiger partial charge is 0.388 e. The zero-order valence-electron chi connectivity index (χ0n) is 27.7. The van der Waals surface area contributed by atoms with Crippen molar-refractivity contribution in [1.82, 2.24) is 0 Å². The molecule has 5 saturated carbocycles. The minimum absolute atomic E-state index is 0.0559. The minimum Gasteiger partial charge on any atom is -0.388 e. The quantitative estimate of drug-likeness (QED) is 0.301. The highest BCUT2D eigenvalue weighted by molar-refractivity contribution is 5.34. The van der Waals surface area contributed by atoms with Gasteiger partial charge >= 0.3 is 0 Å². The number of rotatable bonds is 3. The Balaban J connectivity index is 1.10. The molecular formula is C35H56O9. The summed E-state index contributed by atoms with van der Waals surface area (Å²) in [6.45, 7) is 15.2. The van der Waals surface area contributed by atoms with E-state index in [1.165, 1.54) is 6.42 Å². The van der Waals surface area contributed by atoms with E-state index in [0.29, 0.717) is 17.8 Å². The van der Waals surface area contributed by atoms with Crippen LogP contribution in [0.2, 0.25) is 0 Å². The monoisotopic (exact) mass is 620 g/mol. The maximum absolute atomic E-state index is 12.7. The zero-order valence-corrected chi connectivity index (χ0v) is 27.7. The number of ether oxygens (including phenoxy) is 4. The van der Waals surface area contributed by atoms with E-state index in [-0.39, 0.29) is 51.8 Å². The van der Waals surface area contributed by atoms with Gasteiger partial charge in [-0.05, 0) is 105 Å². The van der Waals surface area contributed by atoms with E-state index in [9.17, 15) is 25.5 Å². The van der Waals surface area contributed by atoms with Crippen molar-refractivity contribution in [2.24, 2.45) is 50.7 Å². The second kappa shape index (κ2) is 9.00. The Labute approximate surface area is 262 Å². The van der Waals surface area contributed by atoms with Crippen molar-refractivity contribution in [3.05, 3.63) is 0 Å². The van der Waals surface area contributed by atoms with E-state index in [4.69, 9.17) is 18.9 Å². The molecule has 0 aromatic heterocycles. The van der Waals surface area contributed by atoms with Crippen LogP contribution in [0, 0.1) is 50.7 Å². The fourth-order valence-corrected chi connectivity index (χ4v) is 14.0. The molecule has 5 N–H and O–H groups in total. The Hall–Kier alpha value is -0.360. The third-order valence-electron chi connectivity index (χ3n) is 15.9. The third kappa shape index (κ3) is 3.38. The van der Waals surface area contributed by atoms with Gasteiger partial charge in [0.1, 0.15) is 30.5 Å². The lowest BCUT2D eigenvalue weighted by Gasteiger charge is -2.63. The van der Waals surface area contributed by atoms with Gasteiger partial charge in [0.15, 0.2) is 12.1 Å². The van der Waals surface area contributed by atoms with Crippen LogP contribution in [-0.4, -0.2) is 92.5 Å². The molecule has 8 rings (SSSR count). The first-order valence-corrected chi connectivity index (χ1v) is 17.5. The lowest BCUT2D eigenvalue weighted by atomic mass is 9.41. The lowest BCUT2D eigenvalue weighted by molar-refractivity contribution is -0.303. The summed E-state index contributed by atoms with van der Waals surface area (Å²) in [6, 6.07) is 0. The molecule has 0 radical (unpaired) electrons. The topological polar surface area (TPSA) is 138 Å². The van der Waals surface area contributed by atoms with Gasteiger partial charge in [0.25, 0.3) is 0 Å². The predicted molar refractivity (Wildman–Crippen MR) is 159 cm³/mol. The SMILES string of the molecule is C[C@@H]1C[C@H]2O[C@@]3(O[C@@H]2C(C)(C)O)[C@@H](O)[C@@]2(C)[C@H]4CC[C@@H]5C(C)(C)[C@@H](O[C@H]6OC[C@H](O)[C@@H](O)[C@@H]6O)CC[C@@]56C[C@@]46CC[C@]2(C)[C@@H]13. The normalized spacial score (nSPS) is 62.2. The second-order valence-electron chi connectivity index (χ2n) is 18.3. The van der Waals surface area contributed by atoms with Gasteiger partial charge in [0.2, 0.25) is 0 Å². The van der Waals surface area contributed by atoms with E-state index in [2.05, 4.69) is 34.6 Å². The summed E-state index contributed by atoms with van der Waals surface area (Å²) in [4.78, 5) is 0. The van der Waals surface area contributed by atoms with Crippen LogP contribution in [0.1, 0.15) is 99.8 Å². The summed E-state index contributed by atoms with van der Waals surface area (Å²) in [6.07, 6.45) is 2.00. The molecule has 3 spiro atoms. The molecular weight excluding hydrogens is 564 g/mol. The lowest BCUT2D eigenvalue weighted by Crippen LogP contribution is -2.61. The number of aliphatic hydroxyl groups excluding tert-OH is 4. The average Bonchev–Trinajstić information content (AvgIpc) is 3.45. The van der Waals surface area contributed by atoms with Crippen molar-refractivity contribution in [1.29, 1.82) is 0 Å². The van der Waals surface area contributed by atoms with Gasteiger partial charge in [0.05, 0.1) is 24.4 Å². The molecule has 8 aliphatic rings. The molecule has 250 valence electrons. The van der Waals surface area contributed by atoms with E-state index >= 15 is 0 Å². The molecule has 9 nitrogen and oxygen atoms in total. The third-order valence-corrected chi connectivity index (χ3v) is 15.9. The molecule has 0 aromatic carbocycles. The maximum Gasteiger partial charge on any atom is 0.199 e. The molecule has 0 aromatic rings. The Kier molecular flexibility index (Phi) is 6.33. The van der Waals surface area contributed by atoms with Crippen LogP contribution in [0.25, 0.3) is 0 Å². The summed E-state index contributed by atoms with van der Waals surface area (Å²) in [5, 5.41) is 54.5. The van der Waals surface area contributed by atoms with Gasteiger partial charge in [-0.2, -0.15) is 0 Å². The van der Waals surface area contributed by atoms with Gasteiger partial charge in [-0.1, -0.05) is 34.6 Å². The fraction of sp³-hybridized carbons (Fsp3) is 1.00. The number of fused-ring (bicyclic) bond motifs is 4. The van der Waals surface area contributed by atoms with Crippen LogP contribution in [0.15, 0.2) is 0 Å². The molecule has 3 heterocycles. The van der Waals surface area contributed by atoms with E-state index in [0.717, 1.165) is 44.9 Å². The van der Waals surface area contributed by atoms with Gasteiger partial charge in [0, 0.05) is 11.3 Å². The highest BCUT2D eigenvalue weighted by atomic mass is 16.8. The Bertz CT molecular complexity index is 1200. The average molecular weight is 621 g/mol. The molecule has 17 atom stereocenters. The smallest absolute Gasteiger partial charge is 0.199 e. The summed E-state index contributed by atoms with van der Waals surface area (Å²) in [7, 11) is 0. The standard InChI is InChI=1S/C35H56O9/c1-17-14-19-26(30(4,5)40)44-35(43-19)25(17)31(6)12-13-34-16-33(34)11-10-22(42-27-24(38)23(37)18(36)15-41-27)29(2,3)20(33)8-9-21(34)32(31,7)28(35)39/h17-28,36-40H,8-16H2,1-7H3/t17-,18+,19-,20-,21-,22+,23-,24+,25-,26+,27-,28+,31-,32-,33-,34+,35+/m1/s1. The van der Waals surface area contributed by atoms with Crippen molar-refractivity contribution in [2.75, 3.05) is 6.61 Å². The number of hydrogen-bond donors (Lipinski definition) is 5. The first kappa shape index (κ1) is 30.9. The zero-order chi connectivity index (χ0) is 31.6. The van der Waals surface area contributed by atoms with Gasteiger partial charge < -0.3 is 44.5 Å². The molecule has 0 amide bonds. The van der Waals surface area contributed by atoms with Crippen molar-refractivity contribution in [3.8, 4) is 0 Å². The van der Waals surface area contributed by atoms with Gasteiger partial charge in [-0.15, -0.1) is 0 Å². The van der Waals surface area contributed by atoms with Gasteiger partial charge in [-0.25, -0.2) is 0 Å². The van der Waals surface area contributed by atoms with Crippen LogP contribution >= 0.6 is 0 Å². The number of aliphatic hydroxyl groups is 5. The van der Waals surface area contributed by atoms with Crippen LogP contribution in [-0.2, 0) is 18.9 Å². The first-order chi connectivity index (χ1) is 20.4. The maximum atomic E-state index is 12.7. The first-order valence-electron chi connectivity index (χ1n) is 17.5. The summed E-state index contributed by atoms with van der Waals surface area (Å²) in [5.74, 6) is 0.108. The summed E-state index contributed by atoms with van der Waals surface area (Å²) in [5.41, 5.74) is -1.39.